The standard InChI is InChI=1S/C17H28N2O/c1-2-10-19-16(13-15-6-4-11-18-14-15)7-3-8-17-9-5-12-20-17/h4,6,11,14,16-17,19H,2-3,5,7-10,12-13H2,1H3. The fourth-order valence-electron chi connectivity index (χ4n) is 2.89. The van der Waals surface area contributed by atoms with E-state index in [-0.39, 0.29) is 0 Å². The molecule has 112 valence electrons. The van der Waals surface area contributed by atoms with Crippen LogP contribution in [0.3, 0.4) is 0 Å². The van der Waals surface area contributed by atoms with Gasteiger partial charge in [0.25, 0.3) is 0 Å². The fraction of sp³-hybridized carbons (Fsp3) is 0.706. The van der Waals surface area contributed by atoms with Gasteiger partial charge in [-0.2, -0.15) is 0 Å². The van der Waals surface area contributed by atoms with Crippen molar-refractivity contribution in [2.45, 2.75) is 64.0 Å². The molecule has 1 aromatic rings. The molecule has 2 rings (SSSR count). The molecular formula is C17H28N2O. The lowest BCUT2D eigenvalue weighted by Crippen LogP contribution is -2.32. The van der Waals surface area contributed by atoms with Gasteiger partial charge in [-0.05, 0) is 63.1 Å². The molecule has 0 radical (unpaired) electrons. The van der Waals surface area contributed by atoms with Crippen molar-refractivity contribution in [1.29, 1.82) is 0 Å². The fourth-order valence-corrected chi connectivity index (χ4v) is 2.89. The van der Waals surface area contributed by atoms with Gasteiger partial charge < -0.3 is 10.1 Å². The van der Waals surface area contributed by atoms with E-state index < -0.39 is 0 Å². The van der Waals surface area contributed by atoms with Crippen molar-refractivity contribution in [2.75, 3.05) is 13.2 Å². The molecule has 0 bridgehead atoms. The molecule has 0 saturated carbocycles. The first-order chi connectivity index (χ1) is 9.88. The van der Waals surface area contributed by atoms with Crippen LogP contribution in [0.25, 0.3) is 0 Å². The van der Waals surface area contributed by atoms with Gasteiger partial charge in [0.15, 0.2) is 0 Å². The Balaban J connectivity index is 1.74. The van der Waals surface area contributed by atoms with Crippen molar-refractivity contribution in [2.24, 2.45) is 0 Å². The van der Waals surface area contributed by atoms with Crippen molar-refractivity contribution >= 4 is 0 Å². The van der Waals surface area contributed by atoms with Crippen LogP contribution in [0.5, 0.6) is 0 Å². The van der Waals surface area contributed by atoms with E-state index >= 15 is 0 Å². The van der Waals surface area contributed by atoms with E-state index in [2.05, 4.69) is 23.3 Å². The highest BCUT2D eigenvalue weighted by atomic mass is 16.5. The quantitative estimate of drug-likeness (QED) is 0.751. The maximum Gasteiger partial charge on any atom is 0.0576 e. The van der Waals surface area contributed by atoms with E-state index in [9.17, 15) is 0 Å². The Morgan fingerprint density at radius 1 is 1.50 bits per heavy atom. The summed E-state index contributed by atoms with van der Waals surface area (Å²) in [7, 11) is 0. The van der Waals surface area contributed by atoms with Gasteiger partial charge >= 0.3 is 0 Å². The average Bonchev–Trinajstić information content (AvgIpc) is 2.99. The first kappa shape index (κ1) is 15.5. The van der Waals surface area contributed by atoms with Crippen LogP contribution < -0.4 is 5.32 Å². The van der Waals surface area contributed by atoms with E-state index in [4.69, 9.17) is 4.74 Å². The van der Waals surface area contributed by atoms with Gasteiger partial charge in [-0.3, -0.25) is 4.98 Å². The molecule has 1 N–H and O–H groups in total. The number of hydrogen-bond acceptors (Lipinski definition) is 3. The van der Waals surface area contributed by atoms with Crippen LogP contribution in [-0.4, -0.2) is 30.3 Å². The number of nitrogens with zero attached hydrogens (tertiary/aromatic N) is 1. The number of rotatable bonds is 9. The predicted octanol–water partition coefficient (Wildman–Crippen LogP) is 3.34. The summed E-state index contributed by atoms with van der Waals surface area (Å²) >= 11 is 0. The Labute approximate surface area is 123 Å². The predicted molar refractivity (Wildman–Crippen MR) is 82.8 cm³/mol. The lowest BCUT2D eigenvalue weighted by molar-refractivity contribution is 0.101. The Bertz CT molecular complexity index is 349. The SMILES string of the molecule is CCCNC(CCCC1CCCO1)Cc1cccnc1. The summed E-state index contributed by atoms with van der Waals surface area (Å²) in [6.07, 6.45) is 12.8. The molecule has 3 nitrogen and oxygen atoms in total. The number of ether oxygens (including phenoxy) is 1. The molecule has 3 heteroatoms. The summed E-state index contributed by atoms with van der Waals surface area (Å²) < 4.78 is 5.70. The Hall–Kier alpha value is -0.930. The van der Waals surface area contributed by atoms with Crippen LogP contribution in [0.4, 0.5) is 0 Å². The normalized spacial score (nSPS) is 20.1. The molecule has 0 aliphatic carbocycles. The summed E-state index contributed by atoms with van der Waals surface area (Å²) in [5.41, 5.74) is 1.33. The zero-order valence-electron chi connectivity index (χ0n) is 12.7. The minimum Gasteiger partial charge on any atom is -0.378 e. The maximum absolute atomic E-state index is 5.70. The highest BCUT2D eigenvalue weighted by Crippen LogP contribution is 2.19. The van der Waals surface area contributed by atoms with E-state index in [0.717, 1.165) is 19.6 Å². The second-order valence-electron chi connectivity index (χ2n) is 5.78. The number of aromatic nitrogens is 1. The molecule has 1 aliphatic heterocycles. The van der Waals surface area contributed by atoms with Gasteiger partial charge in [0.1, 0.15) is 0 Å². The van der Waals surface area contributed by atoms with E-state index in [1.165, 1.54) is 44.1 Å². The first-order valence-corrected chi connectivity index (χ1v) is 8.12. The molecule has 0 aromatic carbocycles. The molecular weight excluding hydrogens is 248 g/mol. The van der Waals surface area contributed by atoms with Gasteiger partial charge in [-0.1, -0.05) is 13.0 Å². The number of hydrogen-bond donors (Lipinski definition) is 1. The van der Waals surface area contributed by atoms with Crippen LogP contribution in [0.15, 0.2) is 24.5 Å². The van der Waals surface area contributed by atoms with E-state index in [1.54, 1.807) is 0 Å². The summed E-state index contributed by atoms with van der Waals surface area (Å²) in [6.45, 7) is 4.29. The topological polar surface area (TPSA) is 34.1 Å². The molecule has 0 amide bonds. The van der Waals surface area contributed by atoms with Gasteiger partial charge in [0.2, 0.25) is 0 Å². The molecule has 1 fully saturated rings. The third kappa shape index (κ3) is 5.59. The monoisotopic (exact) mass is 276 g/mol. The second-order valence-corrected chi connectivity index (χ2v) is 5.78. The van der Waals surface area contributed by atoms with Crippen molar-refractivity contribution in [3.05, 3.63) is 30.1 Å². The van der Waals surface area contributed by atoms with Gasteiger partial charge in [-0.25, -0.2) is 0 Å². The number of pyridine rings is 1. The lowest BCUT2D eigenvalue weighted by Gasteiger charge is -2.19. The zero-order valence-corrected chi connectivity index (χ0v) is 12.7. The summed E-state index contributed by atoms with van der Waals surface area (Å²) in [6, 6.07) is 4.77. The van der Waals surface area contributed by atoms with Crippen molar-refractivity contribution in [3.63, 3.8) is 0 Å². The van der Waals surface area contributed by atoms with Crippen LogP contribution in [0.2, 0.25) is 0 Å². The van der Waals surface area contributed by atoms with E-state index in [1.807, 2.05) is 18.5 Å². The molecule has 1 aromatic heterocycles. The van der Waals surface area contributed by atoms with Crippen LogP contribution in [0.1, 0.15) is 51.0 Å². The molecule has 0 spiro atoms. The first-order valence-electron chi connectivity index (χ1n) is 8.12. The number of nitrogens with one attached hydrogen (secondary N) is 1. The molecule has 2 heterocycles. The Morgan fingerprint density at radius 2 is 2.45 bits per heavy atom. The molecule has 1 aliphatic rings. The summed E-state index contributed by atoms with van der Waals surface area (Å²) in [5, 5.41) is 3.67. The summed E-state index contributed by atoms with van der Waals surface area (Å²) in [4.78, 5) is 4.21. The molecule has 20 heavy (non-hydrogen) atoms. The smallest absolute Gasteiger partial charge is 0.0576 e. The van der Waals surface area contributed by atoms with Crippen LogP contribution in [0, 0.1) is 0 Å². The average molecular weight is 276 g/mol. The molecule has 1 saturated heterocycles. The van der Waals surface area contributed by atoms with Crippen molar-refractivity contribution in [3.8, 4) is 0 Å². The second kappa shape index (κ2) is 9.09. The van der Waals surface area contributed by atoms with Crippen molar-refractivity contribution in [1.82, 2.24) is 10.3 Å². The maximum atomic E-state index is 5.70. The Kier molecular flexibility index (Phi) is 7.02. The zero-order chi connectivity index (χ0) is 14.0. The largest absolute Gasteiger partial charge is 0.378 e. The molecule has 2 atom stereocenters. The minimum absolute atomic E-state index is 0.528. The van der Waals surface area contributed by atoms with Crippen LogP contribution in [-0.2, 0) is 11.2 Å². The third-order valence-corrected chi connectivity index (χ3v) is 3.99. The lowest BCUT2D eigenvalue weighted by atomic mass is 10.00. The van der Waals surface area contributed by atoms with Gasteiger partial charge in [0, 0.05) is 25.0 Å². The van der Waals surface area contributed by atoms with E-state index in [0.29, 0.717) is 12.1 Å². The highest BCUT2D eigenvalue weighted by Gasteiger charge is 2.16. The van der Waals surface area contributed by atoms with Gasteiger partial charge in [-0.15, -0.1) is 0 Å². The van der Waals surface area contributed by atoms with Crippen LogP contribution >= 0.6 is 0 Å². The summed E-state index contributed by atoms with van der Waals surface area (Å²) in [5.74, 6) is 0. The molecule has 2 unspecified atom stereocenters. The van der Waals surface area contributed by atoms with Gasteiger partial charge in [0.05, 0.1) is 6.10 Å². The highest BCUT2D eigenvalue weighted by molar-refractivity contribution is 5.10. The minimum atomic E-state index is 0.528. The Morgan fingerprint density at radius 3 is 3.15 bits per heavy atom. The van der Waals surface area contributed by atoms with Crippen molar-refractivity contribution < 1.29 is 4.74 Å². The third-order valence-electron chi connectivity index (χ3n) is 3.99.